The van der Waals surface area contributed by atoms with E-state index in [4.69, 9.17) is 11.6 Å². The summed E-state index contributed by atoms with van der Waals surface area (Å²) < 4.78 is 63.0. The zero-order valence-corrected chi connectivity index (χ0v) is 16.0. The maximum Gasteiger partial charge on any atom is 0.243 e. The molecular formula is C15H20ClFN2O4S2. The highest BCUT2D eigenvalue weighted by atomic mass is 35.5. The van der Waals surface area contributed by atoms with E-state index < -0.39 is 25.7 Å². The molecule has 6 nitrogen and oxygen atoms in total. The smallest absolute Gasteiger partial charge is 0.243 e. The van der Waals surface area contributed by atoms with Crippen molar-refractivity contribution in [1.82, 2.24) is 9.21 Å². The van der Waals surface area contributed by atoms with Crippen molar-refractivity contribution in [3.63, 3.8) is 0 Å². The van der Waals surface area contributed by atoms with Crippen LogP contribution in [-0.4, -0.2) is 69.8 Å². The van der Waals surface area contributed by atoms with Crippen LogP contribution >= 0.6 is 11.6 Å². The summed E-state index contributed by atoms with van der Waals surface area (Å²) in [5, 5.41) is -0.217. The molecule has 3 rings (SSSR count). The molecule has 0 aromatic heterocycles. The molecule has 2 saturated heterocycles. The topological polar surface area (TPSA) is 74.8 Å². The highest BCUT2D eigenvalue weighted by Crippen LogP contribution is 2.26. The SMILES string of the molecule is O=S1(=O)CCN(C2CCN(S(=O)(=O)c3ccc(F)c(Cl)c3)CC2)CC1. The van der Waals surface area contributed by atoms with Gasteiger partial charge in [-0.1, -0.05) is 11.6 Å². The molecule has 0 N–H and O–H groups in total. The number of sulfone groups is 1. The van der Waals surface area contributed by atoms with E-state index in [1.165, 1.54) is 10.4 Å². The third kappa shape index (κ3) is 4.16. The van der Waals surface area contributed by atoms with Crippen LogP contribution in [0.3, 0.4) is 0 Å². The van der Waals surface area contributed by atoms with Crippen molar-refractivity contribution in [2.45, 2.75) is 23.8 Å². The van der Waals surface area contributed by atoms with Crippen LogP contribution in [-0.2, 0) is 19.9 Å². The van der Waals surface area contributed by atoms with Gasteiger partial charge in [0.15, 0.2) is 9.84 Å². The predicted octanol–water partition coefficient (Wildman–Crippen LogP) is 1.36. The molecule has 1 aromatic carbocycles. The predicted molar refractivity (Wildman–Crippen MR) is 93.4 cm³/mol. The van der Waals surface area contributed by atoms with E-state index in [-0.39, 0.29) is 27.5 Å². The Morgan fingerprint density at radius 3 is 2.24 bits per heavy atom. The van der Waals surface area contributed by atoms with Crippen molar-refractivity contribution in [3.8, 4) is 0 Å². The molecule has 2 aliphatic heterocycles. The molecule has 25 heavy (non-hydrogen) atoms. The lowest BCUT2D eigenvalue weighted by Crippen LogP contribution is -2.51. The zero-order chi connectivity index (χ0) is 18.2. The van der Waals surface area contributed by atoms with Gasteiger partial charge in [-0.25, -0.2) is 21.2 Å². The fourth-order valence-corrected chi connectivity index (χ4v) is 6.30. The molecular weight excluding hydrogens is 391 g/mol. The van der Waals surface area contributed by atoms with Gasteiger partial charge in [0, 0.05) is 32.2 Å². The van der Waals surface area contributed by atoms with Crippen molar-refractivity contribution in [2.24, 2.45) is 0 Å². The van der Waals surface area contributed by atoms with Crippen molar-refractivity contribution < 1.29 is 21.2 Å². The Labute approximate surface area is 152 Å². The summed E-state index contributed by atoms with van der Waals surface area (Å²) in [7, 11) is -6.63. The van der Waals surface area contributed by atoms with Gasteiger partial charge in [-0.15, -0.1) is 0 Å². The summed E-state index contributed by atoms with van der Waals surface area (Å²) >= 11 is 5.69. The second kappa shape index (κ2) is 7.11. The van der Waals surface area contributed by atoms with Crippen molar-refractivity contribution in [3.05, 3.63) is 29.0 Å². The van der Waals surface area contributed by atoms with E-state index >= 15 is 0 Å². The van der Waals surface area contributed by atoms with Crippen LogP contribution in [0.4, 0.5) is 4.39 Å². The maximum absolute atomic E-state index is 13.3. The molecule has 140 valence electrons. The van der Waals surface area contributed by atoms with Crippen LogP contribution in [0.1, 0.15) is 12.8 Å². The van der Waals surface area contributed by atoms with Crippen LogP contribution in [0, 0.1) is 5.82 Å². The number of nitrogens with zero attached hydrogens (tertiary/aromatic N) is 2. The van der Waals surface area contributed by atoms with Crippen LogP contribution in [0.2, 0.25) is 5.02 Å². The first-order chi connectivity index (χ1) is 11.7. The van der Waals surface area contributed by atoms with Crippen molar-refractivity contribution in [2.75, 3.05) is 37.7 Å². The Kier molecular flexibility index (Phi) is 5.41. The summed E-state index contributed by atoms with van der Waals surface area (Å²) in [6.45, 7) is 1.72. The van der Waals surface area contributed by atoms with Crippen molar-refractivity contribution >= 4 is 31.5 Å². The third-order valence-electron chi connectivity index (χ3n) is 4.85. The lowest BCUT2D eigenvalue weighted by Gasteiger charge is -2.39. The average molecular weight is 411 g/mol. The summed E-state index contributed by atoms with van der Waals surface area (Å²) in [5.41, 5.74) is 0. The monoisotopic (exact) mass is 410 g/mol. The van der Waals surface area contributed by atoms with E-state index in [1.54, 1.807) is 0 Å². The Hall–Kier alpha value is -0.740. The molecule has 2 fully saturated rings. The fourth-order valence-electron chi connectivity index (χ4n) is 3.33. The highest BCUT2D eigenvalue weighted by molar-refractivity contribution is 7.91. The molecule has 0 aliphatic carbocycles. The Bertz CT molecular complexity index is 838. The Morgan fingerprint density at radius 1 is 1.08 bits per heavy atom. The van der Waals surface area contributed by atoms with Gasteiger partial charge in [0.25, 0.3) is 0 Å². The average Bonchev–Trinajstić information content (AvgIpc) is 2.57. The van der Waals surface area contributed by atoms with E-state index in [2.05, 4.69) is 4.90 Å². The quantitative estimate of drug-likeness (QED) is 0.752. The molecule has 0 atom stereocenters. The summed E-state index contributed by atoms with van der Waals surface area (Å²) in [6, 6.07) is 3.60. The first-order valence-corrected chi connectivity index (χ1v) is 11.7. The normalized spacial score (nSPS) is 23.6. The van der Waals surface area contributed by atoms with Gasteiger partial charge < -0.3 is 0 Å². The standard InChI is InChI=1S/C15H20ClFN2O4S2/c16-14-11-13(1-2-15(14)17)25(22,23)19-5-3-12(4-6-19)18-7-9-24(20,21)10-8-18/h1-2,11-12H,3-10H2. The van der Waals surface area contributed by atoms with Gasteiger partial charge in [-0.3, -0.25) is 4.90 Å². The molecule has 10 heteroatoms. The zero-order valence-electron chi connectivity index (χ0n) is 13.6. The van der Waals surface area contributed by atoms with Gasteiger partial charge in [-0.05, 0) is 31.0 Å². The van der Waals surface area contributed by atoms with Crippen molar-refractivity contribution in [1.29, 1.82) is 0 Å². The second-order valence-electron chi connectivity index (χ2n) is 6.40. The molecule has 2 heterocycles. The lowest BCUT2D eigenvalue weighted by atomic mass is 10.0. The van der Waals surface area contributed by atoms with Gasteiger partial charge in [0.05, 0.1) is 21.4 Å². The van der Waals surface area contributed by atoms with Gasteiger partial charge in [0.1, 0.15) is 5.82 Å². The highest BCUT2D eigenvalue weighted by Gasteiger charge is 2.34. The fraction of sp³-hybridized carbons (Fsp3) is 0.600. The minimum absolute atomic E-state index is 0.0126. The number of benzene rings is 1. The summed E-state index contributed by atoms with van der Waals surface area (Å²) in [4.78, 5) is 2.13. The van der Waals surface area contributed by atoms with Crippen LogP contribution in [0.25, 0.3) is 0 Å². The molecule has 0 amide bonds. The lowest BCUT2D eigenvalue weighted by molar-refractivity contribution is 0.149. The largest absolute Gasteiger partial charge is 0.298 e. The van der Waals surface area contributed by atoms with E-state index in [1.807, 2.05) is 0 Å². The Balaban J connectivity index is 1.64. The van der Waals surface area contributed by atoms with Crippen LogP contribution in [0.15, 0.2) is 23.1 Å². The minimum atomic E-state index is -3.71. The van der Waals surface area contributed by atoms with Gasteiger partial charge in [-0.2, -0.15) is 4.31 Å². The molecule has 0 spiro atoms. The molecule has 0 radical (unpaired) electrons. The Morgan fingerprint density at radius 2 is 1.68 bits per heavy atom. The molecule has 0 bridgehead atoms. The number of sulfonamides is 1. The molecule has 0 saturated carbocycles. The minimum Gasteiger partial charge on any atom is -0.298 e. The number of piperidine rings is 1. The number of rotatable bonds is 3. The molecule has 1 aromatic rings. The first kappa shape index (κ1) is 19.0. The number of hydrogen-bond donors (Lipinski definition) is 0. The maximum atomic E-state index is 13.3. The first-order valence-electron chi connectivity index (χ1n) is 8.09. The number of halogens is 2. The van der Waals surface area contributed by atoms with Crippen LogP contribution < -0.4 is 0 Å². The summed E-state index contributed by atoms with van der Waals surface area (Å²) in [6.07, 6.45) is 1.29. The summed E-state index contributed by atoms with van der Waals surface area (Å²) in [5.74, 6) is -0.321. The van der Waals surface area contributed by atoms with Gasteiger partial charge >= 0.3 is 0 Å². The van der Waals surface area contributed by atoms with E-state index in [9.17, 15) is 21.2 Å². The van der Waals surface area contributed by atoms with Crippen LogP contribution in [0.5, 0.6) is 0 Å². The van der Waals surface area contributed by atoms with E-state index in [0.717, 1.165) is 12.1 Å². The third-order valence-corrected chi connectivity index (χ3v) is 8.64. The molecule has 0 unspecified atom stereocenters. The molecule has 2 aliphatic rings. The van der Waals surface area contributed by atoms with Gasteiger partial charge in [0.2, 0.25) is 10.0 Å². The second-order valence-corrected chi connectivity index (χ2v) is 11.0. The number of hydrogen-bond acceptors (Lipinski definition) is 5. The van der Waals surface area contributed by atoms with E-state index in [0.29, 0.717) is 39.0 Å².